The molecule has 0 aliphatic heterocycles. The minimum atomic E-state index is -2.52. The Morgan fingerprint density at radius 3 is 2.17 bits per heavy atom. The summed E-state index contributed by atoms with van der Waals surface area (Å²) in [5.74, 6) is -0.0937. The van der Waals surface area contributed by atoms with Crippen LogP contribution in [0.4, 0.5) is 0 Å². The minimum absolute atomic E-state index is 0.000236. The number of hydrogen-bond donors (Lipinski definition) is 1. The Morgan fingerprint density at radius 2 is 1.67 bits per heavy atom. The van der Waals surface area contributed by atoms with Gasteiger partial charge in [0, 0.05) is 0 Å². The molecule has 2 rings (SSSR count). The summed E-state index contributed by atoms with van der Waals surface area (Å²) in [6.07, 6.45) is 11.1. The van der Waals surface area contributed by atoms with Crippen molar-refractivity contribution in [3.63, 3.8) is 0 Å². The van der Waals surface area contributed by atoms with E-state index in [4.69, 9.17) is 9.72 Å². The Hall–Kier alpha value is -0.781. The van der Waals surface area contributed by atoms with Gasteiger partial charge in [0.25, 0.3) is 0 Å². The van der Waals surface area contributed by atoms with Crippen molar-refractivity contribution in [2.75, 3.05) is 0 Å². The van der Waals surface area contributed by atoms with Gasteiger partial charge in [-0.15, -0.1) is 0 Å². The van der Waals surface area contributed by atoms with Crippen molar-refractivity contribution >= 4 is 28.1 Å². The van der Waals surface area contributed by atoms with Crippen LogP contribution in [0, 0.1) is 12.8 Å². The molecule has 0 unspecified atom stereocenters. The summed E-state index contributed by atoms with van der Waals surface area (Å²) in [4.78, 5) is 16.5. The van der Waals surface area contributed by atoms with Gasteiger partial charge in [-0.2, -0.15) is 0 Å². The van der Waals surface area contributed by atoms with E-state index in [1.807, 2.05) is 0 Å². The Balaban J connectivity index is 2.22. The number of rotatable bonds is 13. The monoisotopic (exact) mass is 525 g/mol. The predicted molar refractivity (Wildman–Crippen MR) is 128 cm³/mol. The molecule has 1 aromatic rings. The SMILES string of the molecule is CCC[CH2][Sn]([CH2]CCC)([CH2]CCC)[c]1ccc(O[C@H]2CCC[C@H](C(=O)O)C2)c(C)n1. The third kappa shape index (κ3) is 7.13. The summed E-state index contributed by atoms with van der Waals surface area (Å²) in [6.45, 7) is 8.99. The van der Waals surface area contributed by atoms with Gasteiger partial charge in [-0.25, -0.2) is 0 Å². The normalized spacial score (nSPS) is 19.6. The number of aromatic nitrogens is 1. The zero-order valence-corrected chi connectivity index (χ0v) is 22.6. The first kappa shape index (κ1) is 25.5. The van der Waals surface area contributed by atoms with Crippen LogP contribution in [0.3, 0.4) is 0 Å². The number of carboxylic acid groups (broad SMARTS) is 1. The molecule has 1 aliphatic rings. The van der Waals surface area contributed by atoms with Gasteiger partial charge in [-0.3, -0.25) is 0 Å². The fourth-order valence-electron chi connectivity index (χ4n) is 4.93. The van der Waals surface area contributed by atoms with Crippen molar-refractivity contribution in [1.82, 2.24) is 4.98 Å². The Bertz CT molecular complexity index is 642. The molecule has 5 heteroatoms. The van der Waals surface area contributed by atoms with Gasteiger partial charge >= 0.3 is 188 Å². The van der Waals surface area contributed by atoms with Crippen LogP contribution in [-0.2, 0) is 4.79 Å². The van der Waals surface area contributed by atoms with Gasteiger partial charge < -0.3 is 0 Å². The number of aliphatic carboxylic acids is 1. The van der Waals surface area contributed by atoms with E-state index >= 15 is 0 Å². The molecule has 0 spiro atoms. The third-order valence-electron chi connectivity index (χ3n) is 6.88. The maximum absolute atomic E-state index is 11.4. The molecular weight excluding hydrogens is 481 g/mol. The topological polar surface area (TPSA) is 59.4 Å². The Morgan fingerprint density at radius 1 is 1.07 bits per heavy atom. The van der Waals surface area contributed by atoms with Gasteiger partial charge in [0.2, 0.25) is 0 Å². The van der Waals surface area contributed by atoms with E-state index in [-0.39, 0.29) is 12.0 Å². The molecule has 30 heavy (non-hydrogen) atoms. The second-order valence-electron chi connectivity index (χ2n) is 9.31. The summed E-state index contributed by atoms with van der Waals surface area (Å²) < 4.78 is 12.0. The summed E-state index contributed by atoms with van der Waals surface area (Å²) in [6, 6.07) is 4.44. The zero-order chi connectivity index (χ0) is 22.0. The second kappa shape index (κ2) is 12.9. The van der Waals surface area contributed by atoms with Gasteiger partial charge in [-0.05, 0) is 0 Å². The van der Waals surface area contributed by atoms with Crippen molar-refractivity contribution in [3.05, 3.63) is 17.8 Å². The van der Waals surface area contributed by atoms with Crippen molar-refractivity contribution in [1.29, 1.82) is 0 Å². The summed E-state index contributed by atoms with van der Waals surface area (Å²) in [5, 5.41) is 9.35. The van der Waals surface area contributed by atoms with E-state index in [2.05, 4.69) is 39.8 Å². The van der Waals surface area contributed by atoms with E-state index in [9.17, 15) is 9.90 Å². The average Bonchev–Trinajstić information content (AvgIpc) is 2.75. The third-order valence-corrected chi connectivity index (χ3v) is 22.0. The Kier molecular flexibility index (Phi) is 11.0. The molecule has 0 amide bonds. The number of aryl methyl sites for hydroxylation is 1. The molecule has 1 heterocycles. The van der Waals surface area contributed by atoms with Crippen LogP contribution in [-0.4, -0.2) is 40.5 Å². The van der Waals surface area contributed by atoms with Crippen LogP contribution < -0.4 is 8.45 Å². The van der Waals surface area contributed by atoms with Crippen molar-refractivity contribution in [2.24, 2.45) is 5.92 Å². The van der Waals surface area contributed by atoms with Crippen LogP contribution >= 0.6 is 0 Å². The number of pyridine rings is 1. The van der Waals surface area contributed by atoms with Crippen LogP contribution in [0.15, 0.2) is 12.1 Å². The fourth-order valence-corrected chi connectivity index (χ4v) is 20.5. The van der Waals surface area contributed by atoms with Gasteiger partial charge in [0.1, 0.15) is 0 Å². The number of nitrogens with zero attached hydrogens (tertiary/aromatic N) is 1. The van der Waals surface area contributed by atoms with Crippen LogP contribution in [0.25, 0.3) is 0 Å². The van der Waals surface area contributed by atoms with Crippen LogP contribution in [0.1, 0.15) is 90.7 Å². The molecule has 170 valence electrons. The quantitative estimate of drug-likeness (QED) is 0.301. The first-order chi connectivity index (χ1) is 14.5. The molecule has 1 N–H and O–H groups in total. The molecule has 0 bridgehead atoms. The predicted octanol–water partition coefficient (Wildman–Crippen LogP) is 6.47. The summed E-state index contributed by atoms with van der Waals surface area (Å²) in [7, 11) is 0. The van der Waals surface area contributed by atoms with E-state index in [1.54, 1.807) is 0 Å². The van der Waals surface area contributed by atoms with E-state index in [1.165, 1.54) is 55.5 Å². The summed E-state index contributed by atoms with van der Waals surface area (Å²) >= 11 is -2.52. The number of hydrogen-bond acceptors (Lipinski definition) is 3. The Labute approximate surface area is 188 Å². The molecule has 0 saturated heterocycles. The number of carboxylic acids is 1. The standard InChI is InChI=1S/C13H16NO3.3C4H9.Sn/c1-9-12(6-3-7-14-9)17-11-5-2-4-10(8-11)13(15)16;3*1-3-4-2;/h3,6,10-11H,2,4-5,8H2,1H3,(H,15,16);3*1,3-4H2,2H3;/t10-,11-;;;;/m0..../s1. The summed E-state index contributed by atoms with van der Waals surface area (Å²) in [5.41, 5.74) is 0.996. The molecule has 4 nitrogen and oxygen atoms in total. The number of ether oxygens (including phenoxy) is 1. The van der Waals surface area contributed by atoms with E-state index < -0.39 is 24.3 Å². The molecule has 0 radical (unpaired) electrons. The molecule has 1 fully saturated rings. The van der Waals surface area contributed by atoms with Crippen molar-refractivity contribution < 1.29 is 14.6 Å². The van der Waals surface area contributed by atoms with Crippen LogP contribution in [0.2, 0.25) is 13.3 Å². The number of carbonyl (C=O) groups is 1. The molecule has 2 atom stereocenters. The van der Waals surface area contributed by atoms with Gasteiger partial charge in [0.15, 0.2) is 0 Å². The average molecular weight is 524 g/mol. The molecule has 1 saturated carbocycles. The molecular formula is C25H43NO3Sn. The number of unbranched alkanes of at least 4 members (excludes halogenated alkanes) is 3. The molecule has 1 aromatic heterocycles. The molecule has 1 aliphatic carbocycles. The first-order valence-electron chi connectivity index (χ1n) is 12.3. The maximum atomic E-state index is 11.4. The fraction of sp³-hybridized carbons (Fsp3) is 0.760. The zero-order valence-electron chi connectivity index (χ0n) is 19.7. The first-order valence-corrected chi connectivity index (χ1v) is 19.8. The van der Waals surface area contributed by atoms with Gasteiger partial charge in [0.05, 0.1) is 0 Å². The van der Waals surface area contributed by atoms with Crippen LogP contribution in [0.5, 0.6) is 5.75 Å². The molecule has 0 aromatic carbocycles. The van der Waals surface area contributed by atoms with E-state index in [0.717, 1.165) is 30.7 Å². The van der Waals surface area contributed by atoms with Crippen molar-refractivity contribution in [2.45, 2.75) is 111 Å². The van der Waals surface area contributed by atoms with E-state index in [0.29, 0.717) is 6.42 Å². The van der Waals surface area contributed by atoms with Crippen molar-refractivity contribution in [3.8, 4) is 5.75 Å². The second-order valence-corrected chi connectivity index (χ2v) is 22.4. The van der Waals surface area contributed by atoms with Gasteiger partial charge in [-0.1, -0.05) is 0 Å².